The zero-order chi connectivity index (χ0) is 14.5. The van der Waals surface area contributed by atoms with Crippen molar-refractivity contribution in [3.8, 4) is 5.75 Å². The van der Waals surface area contributed by atoms with E-state index in [4.69, 9.17) is 4.74 Å². The molecular formula is C15H20BrN3O. The molecule has 0 aliphatic carbocycles. The number of hydrogen-bond donors (Lipinski definition) is 0. The first-order valence-electron chi connectivity index (χ1n) is 6.75. The summed E-state index contributed by atoms with van der Waals surface area (Å²) in [6.45, 7) is 7.70. The van der Waals surface area contributed by atoms with Crippen molar-refractivity contribution in [1.29, 1.82) is 0 Å². The Kier molecular flexibility index (Phi) is 5.17. The van der Waals surface area contributed by atoms with Crippen LogP contribution in [0.25, 0.3) is 0 Å². The Balaban J connectivity index is 2.07. The van der Waals surface area contributed by atoms with Crippen LogP contribution in [-0.4, -0.2) is 14.8 Å². The third-order valence-electron chi connectivity index (χ3n) is 2.95. The highest BCUT2D eigenvalue weighted by atomic mass is 79.9. The van der Waals surface area contributed by atoms with Crippen LogP contribution in [0, 0.1) is 12.8 Å². The van der Waals surface area contributed by atoms with Crippen LogP contribution in [0.2, 0.25) is 0 Å². The molecule has 20 heavy (non-hydrogen) atoms. The largest absolute Gasteiger partial charge is 0.485 e. The number of halogens is 1. The summed E-state index contributed by atoms with van der Waals surface area (Å²) in [6, 6.07) is 6.19. The van der Waals surface area contributed by atoms with Crippen molar-refractivity contribution in [2.75, 3.05) is 0 Å². The molecule has 0 fully saturated rings. The summed E-state index contributed by atoms with van der Waals surface area (Å²) in [5.41, 5.74) is 2.38. The summed E-state index contributed by atoms with van der Waals surface area (Å²) < 4.78 is 7.81. The Morgan fingerprint density at radius 2 is 2.15 bits per heavy atom. The van der Waals surface area contributed by atoms with Gasteiger partial charge in [-0.1, -0.05) is 47.5 Å². The first kappa shape index (κ1) is 15.0. The lowest BCUT2D eigenvalue weighted by molar-refractivity contribution is 0.280. The van der Waals surface area contributed by atoms with Crippen LogP contribution in [0.3, 0.4) is 0 Å². The minimum Gasteiger partial charge on any atom is -0.485 e. The molecule has 0 bridgehead atoms. The van der Waals surface area contributed by atoms with Crippen molar-refractivity contribution < 1.29 is 4.74 Å². The van der Waals surface area contributed by atoms with Gasteiger partial charge in [-0.3, -0.25) is 0 Å². The second kappa shape index (κ2) is 6.88. The van der Waals surface area contributed by atoms with Crippen LogP contribution in [-0.2, 0) is 18.5 Å². The number of alkyl halides is 1. The number of benzene rings is 1. The van der Waals surface area contributed by atoms with Crippen LogP contribution < -0.4 is 4.74 Å². The maximum atomic E-state index is 5.90. The topological polar surface area (TPSA) is 39.9 Å². The number of aryl methyl sites for hydroxylation is 1. The first-order chi connectivity index (χ1) is 9.60. The summed E-state index contributed by atoms with van der Waals surface area (Å²) in [6.07, 6.45) is 1.58. The lowest BCUT2D eigenvalue weighted by atomic mass is 10.1. The van der Waals surface area contributed by atoms with Gasteiger partial charge in [-0.25, -0.2) is 9.67 Å². The second-order valence-corrected chi connectivity index (χ2v) is 5.85. The summed E-state index contributed by atoms with van der Waals surface area (Å²) in [5.74, 6) is 2.29. The first-order valence-corrected chi connectivity index (χ1v) is 7.87. The standard InChI is InChI=1S/C15H20BrN3O/c1-11(2)8-19-15(17-10-18-19)9-20-14-5-4-12(3)6-13(14)7-16/h4-6,10-11H,7-9H2,1-3H3. The van der Waals surface area contributed by atoms with Gasteiger partial charge in [-0.2, -0.15) is 5.10 Å². The molecule has 1 aromatic carbocycles. The Hall–Kier alpha value is -1.36. The van der Waals surface area contributed by atoms with E-state index in [9.17, 15) is 0 Å². The highest BCUT2D eigenvalue weighted by molar-refractivity contribution is 9.08. The average molecular weight is 338 g/mol. The van der Waals surface area contributed by atoms with Gasteiger partial charge in [0, 0.05) is 17.4 Å². The predicted octanol–water partition coefficient (Wildman–Crippen LogP) is 3.72. The van der Waals surface area contributed by atoms with Gasteiger partial charge in [0.05, 0.1) is 0 Å². The summed E-state index contributed by atoms with van der Waals surface area (Å²) in [7, 11) is 0. The van der Waals surface area contributed by atoms with Gasteiger partial charge in [0.15, 0.2) is 5.82 Å². The van der Waals surface area contributed by atoms with Gasteiger partial charge in [-0.15, -0.1) is 0 Å². The zero-order valence-corrected chi connectivity index (χ0v) is 13.7. The average Bonchev–Trinajstić information content (AvgIpc) is 2.83. The fourth-order valence-corrected chi connectivity index (χ4v) is 2.43. The maximum Gasteiger partial charge on any atom is 0.164 e. The van der Waals surface area contributed by atoms with E-state index in [1.807, 2.05) is 10.7 Å². The fourth-order valence-electron chi connectivity index (χ4n) is 1.99. The molecule has 108 valence electrons. The molecule has 0 saturated carbocycles. The molecule has 0 aliphatic rings. The highest BCUT2D eigenvalue weighted by Crippen LogP contribution is 2.23. The minimum absolute atomic E-state index is 0.440. The molecule has 0 amide bonds. The van der Waals surface area contributed by atoms with E-state index in [1.165, 1.54) is 5.56 Å². The fraction of sp³-hybridized carbons (Fsp3) is 0.467. The normalized spacial score (nSPS) is 11.1. The molecular weight excluding hydrogens is 318 g/mol. The monoisotopic (exact) mass is 337 g/mol. The third kappa shape index (κ3) is 3.82. The molecule has 1 heterocycles. The summed E-state index contributed by atoms with van der Waals surface area (Å²) >= 11 is 3.50. The Bertz CT molecular complexity index is 566. The van der Waals surface area contributed by atoms with E-state index in [1.54, 1.807) is 6.33 Å². The predicted molar refractivity (Wildman–Crippen MR) is 83.0 cm³/mol. The molecule has 0 saturated heterocycles. The van der Waals surface area contributed by atoms with E-state index in [2.05, 4.69) is 58.9 Å². The van der Waals surface area contributed by atoms with E-state index in [0.717, 1.165) is 29.0 Å². The summed E-state index contributed by atoms with van der Waals surface area (Å²) in [4.78, 5) is 4.27. The molecule has 0 radical (unpaired) electrons. The number of rotatable bonds is 6. The van der Waals surface area contributed by atoms with Crippen molar-refractivity contribution in [3.05, 3.63) is 41.5 Å². The Labute approximate surface area is 128 Å². The molecule has 0 N–H and O–H groups in total. The molecule has 4 nitrogen and oxygen atoms in total. The second-order valence-electron chi connectivity index (χ2n) is 5.29. The molecule has 0 unspecified atom stereocenters. The maximum absolute atomic E-state index is 5.90. The van der Waals surface area contributed by atoms with Gasteiger partial charge in [0.25, 0.3) is 0 Å². The smallest absolute Gasteiger partial charge is 0.164 e. The van der Waals surface area contributed by atoms with Crippen molar-refractivity contribution in [2.24, 2.45) is 5.92 Å². The van der Waals surface area contributed by atoms with Crippen molar-refractivity contribution in [3.63, 3.8) is 0 Å². The quantitative estimate of drug-likeness (QED) is 0.754. The minimum atomic E-state index is 0.440. The molecule has 0 spiro atoms. The number of aromatic nitrogens is 3. The van der Waals surface area contributed by atoms with Crippen LogP contribution in [0.5, 0.6) is 5.75 Å². The van der Waals surface area contributed by atoms with Crippen molar-refractivity contribution in [1.82, 2.24) is 14.8 Å². The molecule has 5 heteroatoms. The summed E-state index contributed by atoms with van der Waals surface area (Å²) in [5, 5.41) is 5.02. The van der Waals surface area contributed by atoms with Crippen molar-refractivity contribution >= 4 is 15.9 Å². The van der Waals surface area contributed by atoms with Crippen LogP contribution >= 0.6 is 15.9 Å². The van der Waals surface area contributed by atoms with E-state index in [-0.39, 0.29) is 0 Å². The zero-order valence-electron chi connectivity index (χ0n) is 12.1. The lowest BCUT2D eigenvalue weighted by Crippen LogP contribution is -2.12. The number of hydrogen-bond acceptors (Lipinski definition) is 3. The van der Waals surface area contributed by atoms with Gasteiger partial charge in [-0.05, 0) is 18.9 Å². The SMILES string of the molecule is Cc1ccc(OCc2ncnn2CC(C)C)c(CBr)c1. The molecule has 2 rings (SSSR count). The van der Waals surface area contributed by atoms with Gasteiger partial charge >= 0.3 is 0 Å². The molecule has 2 aromatic rings. The molecule has 1 aromatic heterocycles. The van der Waals surface area contributed by atoms with Gasteiger partial charge in [0.1, 0.15) is 18.7 Å². The van der Waals surface area contributed by atoms with Crippen molar-refractivity contribution in [2.45, 2.75) is 39.3 Å². The van der Waals surface area contributed by atoms with E-state index < -0.39 is 0 Å². The van der Waals surface area contributed by atoms with Crippen LogP contribution in [0.4, 0.5) is 0 Å². The Morgan fingerprint density at radius 1 is 1.35 bits per heavy atom. The van der Waals surface area contributed by atoms with E-state index in [0.29, 0.717) is 12.5 Å². The molecule has 0 aliphatic heterocycles. The number of ether oxygens (including phenoxy) is 1. The highest BCUT2D eigenvalue weighted by Gasteiger charge is 2.09. The third-order valence-corrected chi connectivity index (χ3v) is 3.55. The Morgan fingerprint density at radius 3 is 2.85 bits per heavy atom. The van der Waals surface area contributed by atoms with Crippen LogP contribution in [0.15, 0.2) is 24.5 Å². The lowest BCUT2D eigenvalue weighted by Gasteiger charge is -2.12. The van der Waals surface area contributed by atoms with E-state index >= 15 is 0 Å². The number of nitrogens with zero attached hydrogens (tertiary/aromatic N) is 3. The van der Waals surface area contributed by atoms with Gasteiger partial charge < -0.3 is 4.74 Å². The van der Waals surface area contributed by atoms with Crippen LogP contribution in [0.1, 0.15) is 30.8 Å². The molecule has 0 atom stereocenters. The van der Waals surface area contributed by atoms with Gasteiger partial charge in [0.2, 0.25) is 0 Å².